The Morgan fingerprint density at radius 1 is 0.885 bits per heavy atom. The van der Waals surface area contributed by atoms with Crippen LogP contribution in [0.2, 0.25) is 0 Å². The summed E-state index contributed by atoms with van der Waals surface area (Å²) in [6.07, 6.45) is 1.58. The van der Waals surface area contributed by atoms with Crippen molar-refractivity contribution < 1.29 is 4.79 Å². The molecule has 0 unspecified atom stereocenters. The minimum Gasteiger partial charge on any atom is -0.335 e. The highest BCUT2D eigenvalue weighted by atomic mass is 35.5. The standard InChI is InChI=1S/C20H20N4O.ClH/c25-20(19-14-21-17-8-4-5-9-18(17)22-19)24-12-10-23(11-13-24)15-16-6-2-1-3-7-16;/h1-9,14H,10-13,15H2;1H. The van der Waals surface area contributed by atoms with Gasteiger partial charge in [0, 0.05) is 32.7 Å². The molecule has 0 bridgehead atoms. The van der Waals surface area contributed by atoms with Crippen molar-refractivity contribution >= 4 is 29.3 Å². The van der Waals surface area contributed by atoms with Crippen molar-refractivity contribution in [1.82, 2.24) is 19.8 Å². The van der Waals surface area contributed by atoms with Crippen molar-refractivity contribution in [3.05, 3.63) is 72.1 Å². The third kappa shape index (κ3) is 4.00. The number of piperazine rings is 1. The first kappa shape index (κ1) is 18.3. The van der Waals surface area contributed by atoms with Gasteiger partial charge in [0.15, 0.2) is 0 Å². The second-order valence-electron chi connectivity index (χ2n) is 6.30. The Labute approximate surface area is 159 Å². The van der Waals surface area contributed by atoms with Crippen molar-refractivity contribution in [2.45, 2.75) is 6.54 Å². The van der Waals surface area contributed by atoms with Gasteiger partial charge in [-0.25, -0.2) is 4.98 Å². The zero-order chi connectivity index (χ0) is 17.1. The zero-order valence-corrected chi connectivity index (χ0v) is 15.2. The van der Waals surface area contributed by atoms with E-state index in [9.17, 15) is 4.79 Å². The van der Waals surface area contributed by atoms with E-state index in [0.717, 1.165) is 43.8 Å². The minimum absolute atomic E-state index is 0. The van der Waals surface area contributed by atoms with Crippen LogP contribution in [0.25, 0.3) is 11.0 Å². The van der Waals surface area contributed by atoms with E-state index in [1.54, 1.807) is 6.20 Å². The third-order valence-corrected chi connectivity index (χ3v) is 4.58. The maximum atomic E-state index is 12.7. The Bertz CT molecular complexity index is 879. The number of carbonyl (C=O) groups is 1. The van der Waals surface area contributed by atoms with E-state index >= 15 is 0 Å². The Hall–Kier alpha value is -2.50. The molecule has 6 heteroatoms. The normalized spacial score (nSPS) is 14.8. The van der Waals surface area contributed by atoms with Gasteiger partial charge in [0.1, 0.15) is 5.69 Å². The molecule has 1 saturated heterocycles. The number of hydrogen-bond acceptors (Lipinski definition) is 4. The first-order chi connectivity index (χ1) is 12.3. The number of rotatable bonds is 3. The van der Waals surface area contributed by atoms with Crippen LogP contribution in [-0.2, 0) is 6.54 Å². The van der Waals surface area contributed by atoms with Crippen molar-refractivity contribution in [2.24, 2.45) is 0 Å². The second-order valence-corrected chi connectivity index (χ2v) is 6.30. The Morgan fingerprint density at radius 3 is 2.27 bits per heavy atom. The molecule has 0 N–H and O–H groups in total. The fourth-order valence-corrected chi connectivity index (χ4v) is 3.17. The molecule has 2 heterocycles. The predicted octanol–water partition coefficient (Wildman–Crippen LogP) is 3.01. The molecule has 1 amide bonds. The lowest BCUT2D eigenvalue weighted by atomic mass is 10.2. The molecule has 0 spiro atoms. The zero-order valence-electron chi connectivity index (χ0n) is 14.4. The summed E-state index contributed by atoms with van der Waals surface area (Å²) in [5, 5.41) is 0. The molecule has 0 saturated carbocycles. The average molecular weight is 369 g/mol. The summed E-state index contributed by atoms with van der Waals surface area (Å²) in [6.45, 7) is 4.13. The quantitative estimate of drug-likeness (QED) is 0.713. The van der Waals surface area contributed by atoms with Crippen LogP contribution >= 0.6 is 12.4 Å². The van der Waals surface area contributed by atoms with E-state index in [4.69, 9.17) is 0 Å². The number of para-hydroxylation sites is 2. The highest BCUT2D eigenvalue weighted by Crippen LogP contribution is 2.13. The highest BCUT2D eigenvalue weighted by molar-refractivity contribution is 5.93. The first-order valence-electron chi connectivity index (χ1n) is 8.57. The van der Waals surface area contributed by atoms with Gasteiger partial charge in [-0.15, -0.1) is 12.4 Å². The fraction of sp³-hybridized carbons (Fsp3) is 0.250. The van der Waals surface area contributed by atoms with Gasteiger partial charge < -0.3 is 4.90 Å². The molecule has 1 aliphatic heterocycles. The third-order valence-electron chi connectivity index (χ3n) is 4.58. The van der Waals surface area contributed by atoms with Crippen LogP contribution < -0.4 is 0 Å². The molecule has 0 aliphatic carbocycles. The van der Waals surface area contributed by atoms with Crippen molar-refractivity contribution in [3.63, 3.8) is 0 Å². The number of aromatic nitrogens is 2. The smallest absolute Gasteiger partial charge is 0.274 e. The molecule has 1 fully saturated rings. The molecule has 4 rings (SSSR count). The summed E-state index contributed by atoms with van der Waals surface area (Å²) in [7, 11) is 0. The lowest BCUT2D eigenvalue weighted by Gasteiger charge is -2.34. The van der Waals surface area contributed by atoms with Crippen LogP contribution in [0.1, 0.15) is 16.1 Å². The average Bonchev–Trinajstić information content (AvgIpc) is 2.68. The van der Waals surface area contributed by atoms with Crippen LogP contribution in [-0.4, -0.2) is 51.9 Å². The lowest BCUT2D eigenvalue weighted by molar-refractivity contribution is 0.0622. The van der Waals surface area contributed by atoms with Crippen LogP contribution in [0.4, 0.5) is 0 Å². The van der Waals surface area contributed by atoms with E-state index in [0.29, 0.717) is 5.69 Å². The van der Waals surface area contributed by atoms with Gasteiger partial charge in [-0.3, -0.25) is 14.7 Å². The summed E-state index contributed by atoms with van der Waals surface area (Å²) in [5.74, 6) is -0.0300. The SMILES string of the molecule is Cl.O=C(c1cnc2ccccc2n1)N1CCN(Cc2ccccc2)CC1. The van der Waals surface area contributed by atoms with Crippen molar-refractivity contribution in [3.8, 4) is 0 Å². The van der Waals surface area contributed by atoms with Crippen LogP contribution in [0.5, 0.6) is 0 Å². The summed E-state index contributed by atoms with van der Waals surface area (Å²) < 4.78 is 0. The number of halogens is 1. The van der Waals surface area contributed by atoms with Crippen LogP contribution in [0.3, 0.4) is 0 Å². The molecule has 2 aromatic carbocycles. The molecular weight excluding hydrogens is 348 g/mol. The molecule has 3 aromatic rings. The van der Waals surface area contributed by atoms with Crippen LogP contribution in [0, 0.1) is 0 Å². The fourth-order valence-electron chi connectivity index (χ4n) is 3.17. The van der Waals surface area contributed by atoms with Gasteiger partial charge in [0.05, 0.1) is 17.2 Å². The Balaban J connectivity index is 0.00000196. The maximum Gasteiger partial charge on any atom is 0.274 e. The number of fused-ring (bicyclic) bond motifs is 1. The molecule has 0 atom stereocenters. The summed E-state index contributed by atoms with van der Waals surface area (Å²) >= 11 is 0. The Kier molecular flexibility index (Phi) is 5.81. The number of benzene rings is 2. The summed E-state index contributed by atoms with van der Waals surface area (Å²) in [5.41, 5.74) is 3.31. The number of carbonyl (C=O) groups excluding carboxylic acids is 1. The molecule has 134 valence electrons. The van der Waals surface area contributed by atoms with Crippen molar-refractivity contribution in [2.75, 3.05) is 26.2 Å². The first-order valence-corrected chi connectivity index (χ1v) is 8.57. The maximum absolute atomic E-state index is 12.7. The highest BCUT2D eigenvalue weighted by Gasteiger charge is 2.23. The molecule has 0 radical (unpaired) electrons. The number of nitrogens with zero attached hydrogens (tertiary/aromatic N) is 4. The van der Waals surface area contributed by atoms with Gasteiger partial charge >= 0.3 is 0 Å². The van der Waals surface area contributed by atoms with Gasteiger partial charge in [-0.1, -0.05) is 42.5 Å². The molecule has 1 aliphatic rings. The van der Waals surface area contributed by atoms with Gasteiger partial charge in [0.25, 0.3) is 5.91 Å². The van der Waals surface area contributed by atoms with E-state index < -0.39 is 0 Å². The van der Waals surface area contributed by atoms with Crippen LogP contribution in [0.15, 0.2) is 60.8 Å². The monoisotopic (exact) mass is 368 g/mol. The molecular formula is C20H21ClN4O. The molecule has 5 nitrogen and oxygen atoms in total. The minimum atomic E-state index is -0.0300. The molecule has 1 aromatic heterocycles. The van der Waals surface area contributed by atoms with Gasteiger partial charge in [0.2, 0.25) is 0 Å². The number of hydrogen-bond donors (Lipinski definition) is 0. The van der Waals surface area contributed by atoms with Crippen molar-refractivity contribution in [1.29, 1.82) is 0 Å². The number of amides is 1. The topological polar surface area (TPSA) is 49.3 Å². The van der Waals surface area contributed by atoms with Gasteiger partial charge in [-0.2, -0.15) is 0 Å². The summed E-state index contributed by atoms with van der Waals surface area (Å²) in [6, 6.07) is 18.1. The second kappa shape index (κ2) is 8.25. The van der Waals surface area contributed by atoms with E-state index in [-0.39, 0.29) is 18.3 Å². The van der Waals surface area contributed by atoms with E-state index in [2.05, 4.69) is 39.1 Å². The predicted molar refractivity (Wildman–Crippen MR) is 104 cm³/mol. The van der Waals surface area contributed by atoms with E-state index in [1.165, 1.54) is 5.56 Å². The Morgan fingerprint density at radius 2 is 1.54 bits per heavy atom. The largest absolute Gasteiger partial charge is 0.335 e. The molecule has 26 heavy (non-hydrogen) atoms. The van der Waals surface area contributed by atoms with Gasteiger partial charge in [-0.05, 0) is 17.7 Å². The summed E-state index contributed by atoms with van der Waals surface area (Å²) in [4.78, 5) is 25.8. The lowest BCUT2D eigenvalue weighted by Crippen LogP contribution is -2.48. The van der Waals surface area contributed by atoms with E-state index in [1.807, 2.05) is 35.2 Å².